The predicted octanol–water partition coefficient (Wildman–Crippen LogP) is 3.08. The molecule has 0 aliphatic heterocycles. The van der Waals surface area contributed by atoms with Crippen LogP contribution in [0.25, 0.3) is 0 Å². The molecule has 0 N–H and O–H groups in total. The Morgan fingerprint density at radius 1 is 1.43 bits per heavy atom. The number of Topliss-reactive ketones (excluding diaryl/α,β-unsaturated/α-hetero) is 1. The highest BCUT2D eigenvalue weighted by molar-refractivity contribution is 5.84. The van der Waals surface area contributed by atoms with Crippen LogP contribution in [0.5, 0.6) is 0 Å². The fraction of sp³-hybridized carbons (Fsp3) is 0.462. The first-order chi connectivity index (χ1) is 6.74. The van der Waals surface area contributed by atoms with Crippen molar-refractivity contribution >= 4 is 5.78 Å². The Kier molecular flexibility index (Phi) is 2.40. The van der Waals surface area contributed by atoms with Crippen molar-refractivity contribution in [2.24, 2.45) is 5.92 Å². The van der Waals surface area contributed by atoms with E-state index in [-0.39, 0.29) is 0 Å². The normalized spacial score (nSPS) is 24.7. The van der Waals surface area contributed by atoms with Gasteiger partial charge in [-0.15, -0.1) is 0 Å². The molecule has 2 rings (SSSR count). The number of hydrogen-bond donors (Lipinski definition) is 0. The molecule has 1 fully saturated rings. The summed E-state index contributed by atoms with van der Waals surface area (Å²) in [5.74, 6) is 1.27. The van der Waals surface area contributed by atoms with Gasteiger partial charge in [0.15, 0.2) is 0 Å². The van der Waals surface area contributed by atoms with Gasteiger partial charge in [-0.05, 0) is 30.4 Å². The maximum Gasteiger partial charge on any atom is 0.136 e. The molecule has 2 atom stereocenters. The van der Waals surface area contributed by atoms with E-state index in [2.05, 4.69) is 31.2 Å². The van der Waals surface area contributed by atoms with Crippen molar-refractivity contribution in [3.05, 3.63) is 35.4 Å². The lowest BCUT2D eigenvalue weighted by Gasteiger charge is -2.03. The monoisotopic (exact) mass is 188 g/mol. The van der Waals surface area contributed by atoms with E-state index in [1.165, 1.54) is 11.1 Å². The smallest absolute Gasteiger partial charge is 0.136 e. The lowest BCUT2D eigenvalue weighted by molar-refractivity contribution is -0.120. The molecule has 0 saturated heterocycles. The summed E-state index contributed by atoms with van der Waals surface area (Å²) in [7, 11) is 0. The van der Waals surface area contributed by atoms with E-state index in [1.807, 2.05) is 6.92 Å². The predicted molar refractivity (Wildman–Crippen MR) is 57.3 cm³/mol. The minimum atomic E-state index is 0.320. The third kappa shape index (κ3) is 1.59. The first-order valence-corrected chi connectivity index (χ1v) is 5.32. The quantitative estimate of drug-likeness (QED) is 0.712. The van der Waals surface area contributed by atoms with Crippen LogP contribution >= 0.6 is 0 Å². The topological polar surface area (TPSA) is 17.1 Å². The molecular formula is C13H16O. The van der Waals surface area contributed by atoms with E-state index in [1.54, 1.807) is 0 Å². The van der Waals surface area contributed by atoms with E-state index in [4.69, 9.17) is 0 Å². The van der Waals surface area contributed by atoms with E-state index in [0.717, 1.165) is 6.42 Å². The highest BCUT2D eigenvalue weighted by Gasteiger charge is 2.43. The van der Waals surface area contributed by atoms with Gasteiger partial charge in [-0.2, -0.15) is 0 Å². The minimum absolute atomic E-state index is 0.320. The molecule has 1 aromatic carbocycles. The fourth-order valence-corrected chi connectivity index (χ4v) is 2.16. The second-order valence-corrected chi connectivity index (χ2v) is 4.13. The van der Waals surface area contributed by atoms with Gasteiger partial charge in [0.2, 0.25) is 0 Å². The molecule has 1 saturated carbocycles. The second kappa shape index (κ2) is 3.56. The number of carbonyl (C=O) groups excluding carboxylic acids is 1. The Morgan fingerprint density at radius 2 is 2.14 bits per heavy atom. The maximum atomic E-state index is 11.5. The summed E-state index contributed by atoms with van der Waals surface area (Å²) in [5.41, 5.74) is 2.70. The van der Waals surface area contributed by atoms with Crippen LogP contribution < -0.4 is 0 Å². The Balaban J connectivity index is 2.13. The zero-order valence-corrected chi connectivity index (χ0v) is 8.79. The molecule has 14 heavy (non-hydrogen) atoms. The number of rotatable bonds is 3. The summed E-state index contributed by atoms with van der Waals surface area (Å²) in [4.78, 5) is 11.5. The van der Waals surface area contributed by atoms with Crippen LogP contribution in [-0.4, -0.2) is 5.78 Å². The highest BCUT2D eigenvalue weighted by atomic mass is 16.1. The molecule has 1 nitrogen and oxygen atoms in total. The summed E-state index contributed by atoms with van der Waals surface area (Å²) < 4.78 is 0. The zero-order valence-electron chi connectivity index (χ0n) is 8.79. The Labute approximate surface area is 85.1 Å². The van der Waals surface area contributed by atoms with Gasteiger partial charge in [0.1, 0.15) is 5.78 Å². The molecule has 1 aliphatic carbocycles. The molecule has 0 amide bonds. The lowest BCUT2D eigenvalue weighted by Crippen LogP contribution is -1.99. The SMILES string of the molecule is CCC(=O)C1CC1c1ccccc1C. The van der Waals surface area contributed by atoms with Crippen LogP contribution in [0.15, 0.2) is 24.3 Å². The number of hydrogen-bond acceptors (Lipinski definition) is 1. The molecule has 74 valence electrons. The summed E-state index contributed by atoms with van der Waals surface area (Å²) in [5, 5.41) is 0. The largest absolute Gasteiger partial charge is 0.299 e. The van der Waals surface area contributed by atoms with Crippen molar-refractivity contribution in [3.63, 3.8) is 0 Å². The van der Waals surface area contributed by atoms with Crippen molar-refractivity contribution in [1.29, 1.82) is 0 Å². The van der Waals surface area contributed by atoms with Gasteiger partial charge in [-0.25, -0.2) is 0 Å². The van der Waals surface area contributed by atoms with Gasteiger partial charge in [-0.3, -0.25) is 4.79 Å². The summed E-state index contributed by atoms with van der Waals surface area (Å²) in [6, 6.07) is 8.40. The molecular weight excluding hydrogens is 172 g/mol. The van der Waals surface area contributed by atoms with Gasteiger partial charge in [-0.1, -0.05) is 31.2 Å². The van der Waals surface area contributed by atoms with E-state index in [0.29, 0.717) is 24.0 Å². The van der Waals surface area contributed by atoms with Crippen LogP contribution in [-0.2, 0) is 4.79 Å². The average molecular weight is 188 g/mol. The number of benzene rings is 1. The fourth-order valence-electron chi connectivity index (χ4n) is 2.16. The zero-order chi connectivity index (χ0) is 10.1. The van der Waals surface area contributed by atoms with E-state index < -0.39 is 0 Å². The average Bonchev–Trinajstić information content (AvgIpc) is 2.97. The summed E-state index contributed by atoms with van der Waals surface area (Å²) >= 11 is 0. The molecule has 0 radical (unpaired) electrons. The van der Waals surface area contributed by atoms with E-state index in [9.17, 15) is 4.79 Å². The standard InChI is InChI=1S/C13H16O/c1-3-13(14)12-8-11(12)10-7-5-4-6-9(10)2/h4-7,11-12H,3,8H2,1-2H3. The van der Waals surface area contributed by atoms with Crippen LogP contribution in [0, 0.1) is 12.8 Å². The van der Waals surface area contributed by atoms with Crippen molar-refractivity contribution in [1.82, 2.24) is 0 Å². The molecule has 0 spiro atoms. The molecule has 1 heteroatoms. The van der Waals surface area contributed by atoms with E-state index >= 15 is 0 Å². The Morgan fingerprint density at radius 3 is 2.79 bits per heavy atom. The molecule has 2 unspecified atom stereocenters. The first kappa shape index (κ1) is 9.45. The third-order valence-corrected chi connectivity index (χ3v) is 3.14. The van der Waals surface area contributed by atoms with Gasteiger partial charge in [0.05, 0.1) is 0 Å². The van der Waals surface area contributed by atoms with Crippen LogP contribution in [0.2, 0.25) is 0 Å². The molecule has 1 aliphatic rings. The van der Waals surface area contributed by atoms with Crippen LogP contribution in [0.1, 0.15) is 36.8 Å². The molecule has 0 aromatic heterocycles. The van der Waals surface area contributed by atoms with Gasteiger partial charge in [0.25, 0.3) is 0 Å². The van der Waals surface area contributed by atoms with Crippen LogP contribution in [0.4, 0.5) is 0 Å². The highest BCUT2D eigenvalue weighted by Crippen LogP contribution is 2.49. The minimum Gasteiger partial charge on any atom is -0.299 e. The third-order valence-electron chi connectivity index (χ3n) is 3.14. The van der Waals surface area contributed by atoms with Gasteiger partial charge < -0.3 is 0 Å². The van der Waals surface area contributed by atoms with Crippen LogP contribution in [0.3, 0.4) is 0 Å². The van der Waals surface area contributed by atoms with Crippen molar-refractivity contribution < 1.29 is 4.79 Å². The molecule has 0 bridgehead atoms. The number of carbonyl (C=O) groups is 1. The molecule has 0 heterocycles. The first-order valence-electron chi connectivity index (χ1n) is 5.32. The Hall–Kier alpha value is -1.11. The van der Waals surface area contributed by atoms with Crippen molar-refractivity contribution in [2.45, 2.75) is 32.6 Å². The summed E-state index contributed by atoms with van der Waals surface area (Å²) in [6.45, 7) is 4.08. The lowest BCUT2D eigenvalue weighted by atomic mass is 10.0. The maximum absolute atomic E-state index is 11.5. The second-order valence-electron chi connectivity index (χ2n) is 4.13. The summed E-state index contributed by atoms with van der Waals surface area (Å²) in [6.07, 6.45) is 1.75. The molecule has 1 aromatic rings. The van der Waals surface area contributed by atoms with Gasteiger partial charge >= 0.3 is 0 Å². The van der Waals surface area contributed by atoms with Crippen molar-refractivity contribution in [2.75, 3.05) is 0 Å². The number of aryl methyl sites for hydroxylation is 1. The van der Waals surface area contributed by atoms with Gasteiger partial charge in [0, 0.05) is 12.3 Å². The van der Waals surface area contributed by atoms with Crippen molar-refractivity contribution in [3.8, 4) is 0 Å². The number of ketones is 1. The Bertz CT molecular complexity index is 354.